The molecule has 0 atom stereocenters. The van der Waals surface area contributed by atoms with Crippen LogP contribution in [0.3, 0.4) is 0 Å². The molecule has 0 fully saturated rings. The molecule has 0 spiro atoms. The van der Waals surface area contributed by atoms with Crippen LogP contribution in [0.25, 0.3) is 0 Å². The van der Waals surface area contributed by atoms with Crippen molar-refractivity contribution in [2.45, 2.75) is 0 Å². The Kier molecular flexibility index (Phi) is 99.4. The van der Waals surface area contributed by atoms with E-state index >= 15 is 0 Å². The van der Waals surface area contributed by atoms with Gasteiger partial charge in [-0.15, -0.1) is 0 Å². The second-order valence-electron chi connectivity index (χ2n) is 0.671. The minimum atomic E-state index is -1.75. The Labute approximate surface area is 159 Å². The summed E-state index contributed by atoms with van der Waals surface area (Å²) >= 11 is 0. The van der Waals surface area contributed by atoms with Gasteiger partial charge < -0.3 is 56.9 Å². The maximum atomic E-state index is 8.25. The summed E-state index contributed by atoms with van der Waals surface area (Å²) in [6.45, 7) is 0. The van der Waals surface area contributed by atoms with Crippen molar-refractivity contribution in [3.63, 3.8) is 0 Å². The van der Waals surface area contributed by atoms with Crippen molar-refractivity contribution in [2.24, 2.45) is 0 Å². The van der Waals surface area contributed by atoms with Crippen LogP contribution in [0.2, 0.25) is 0 Å². The van der Waals surface area contributed by atoms with Gasteiger partial charge in [0.25, 0.3) is 0 Å². The minimum Gasteiger partial charge on any atom is -0.412 e. The predicted octanol–water partition coefficient (Wildman–Crippen LogP) is -5.74. The first-order valence-corrected chi connectivity index (χ1v) is 1.64. The molecule has 4 N–H and O–H groups in total. The Morgan fingerprint density at radius 1 is 0.562 bits per heavy atom. The summed E-state index contributed by atoms with van der Waals surface area (Å²) in [5, 5.41) is 44.2. The molecule has 0 rings (SSSR count). The fourth-order valence-electron chi connectivity index (χ4n) is 0. The molecule has 0 aromatic heterocycles. The van der Waals surface area contributed by atoms with Crippen LogP contribution in [0.5, 0.6) is 0 Å². The predicted molar refractivity (Wildman–Crippen MR) is 44.1 cm³/mol. The van der Waals surface area contributed by atoms with E-state index in [9.17, 15) is 0 Å². The summed E-state index contributed by atoms with van der Waals surface area (Å²) in [6, 6.07) is 0. The van der Waals surface area contributed by atoms with Crippen LogP contribution < -0.4 is 51.4 Å². The van der Waals surface area contributed by atoms with E-state index in [4.69, 9.17) is 46.0 Å². The van der Waals surface area contributed by atoms with Gasteiger partial charge in [0.1, 0.15) is 0 Å². The molecular formula is H4CaKN3O11. The van der Waals surface area contributed by atoms with Crippen LogP contribution in [-0.4, -0.2) is 64.0 Å². The number of nitrogens with zero attached hydrogens (tertiary/aromatic N) is 3. The Morgan fingerprint density at radius 2 is 0.562 bits per heavy atom. The third-order valence-corrected chi connectivity index (χ3v) is 0. The Morgan fingerprint density at radius 3 is 0.562 bits per heavy atom. The smallest absolute Gasteiger partial charge is 0.412 e. The molecule has 0 heterocycles. The first-order chi connectivity index (χ1) is 5.20. The maximum Gasteiger partial charge on any atom is 2.00 e. The van der Waals surface area contributed by atoms with Crippen molar-refractivity contribution >= 4 is 37.7 Å². The Balaban J connectivity index is -0.0000000135. The molecule has 0 radical (unpaired) electrons. The maximum absolute atomic E-state index is 8.25. The molecule has 0 amide bonds. The number of hydrogen-bond acceptors (Lipinski definition) is 9. The molecule has 16 heavy (non-hydrogen) atoms. The van der Waals surface area contributed by atoms with Gasteiger partial charge in [-0.05, 0) is 0 Å². The Hall–Kier alpha value is 0.416. The summed E-state index contributed by atoms with van der Waals surface area (Å²) in [4.78, 5) is 24.8. The normalized spacial score (nSPS) is 4.50. The average molecular weight is 301 g/mol. The van der Waals surface area contributed by atoms with Crippen molar-refractivity contribution in [3.8, 4) is 0 Å². The molecule has 0 saturated heterocycles. The van der Waals surface area contributed by atoms with E-state index < -0.39 is 15.3 Å². The molecule has 0 bridgehead atoms. The fourth-order valence-corrected chi connectivity index (χ4v) is 0. The van der Waals surface area contributed by atoms with Gasteiger partial charge in [-0.3, -0.25) is 0 Å². The zero-order chi connectivity index (χ0) is 10.7. The van der Waals surface area contributed by atoms with Gasteiger partial charge in [0.2, 0.25) is 0 Å². The third-order valence-electron chi connectivity index (χ3n) is 0. The fraction of sp³-hybridized carbons (Fsp3) is 0. The van der Waals surface area contributed by atoms with Gasteiger partial charge in [0.05, 0.1) is 15.3 Å². The van der Waals surface area contributed by atoms with E-state index in [0.717, 1.165) is 0 Å². The van der Waals surface area contributed by atoms with Crippen LogP contribution in [0.15, 0.2) is 0 Å². The van der Waals surface area contributed by atoms with Gasteiger partial charge in [-0.2, -0.15) is 0 Å². The summed E-state index contributed by atoms with van der Waals surface area (Å²) in [5.41, 5.74) is 0. The summed E-state index contributed by atoms with van der Waals surface area (Å²) < 4.78 is 0. The second-order valence-corrected chi connectivity index (χ2v) is 0.671. The van der Waals surface area contributed by atoms with Crippen LogP contribution in [0.4, 0.5) is 0 Å². The summed E-state index contributed by atoms with van der Waals surface area (Å²) in [6.07, 6.45) is 0. The van der Waals surface area contributed by atoms with Gasteiger partial charge in [0.15, 0.2) is 0 Å². The van der Waals surface area contributed by atoms with Gasteiger partial charge in [0, 0.05) is 0 Å². The molecule has 0 aromatic carbocycles. The molecule has 14 nitrogen and oxygen atoms in total. The van der Waals surface area contributed by atoms with Crippen molar-refractivity contribution < 1.29 is 77.6 Å². The van der Waals surface area contributed by atoms with Crippen LogP contribution in [0, 0.1) is 46.0 Å². The van der Waals surface area contributed by atoms with Gasteiger partial charge >= 0.3 is 89.1 Å². The molecule has 0 aliphatic heterocycles. The topological polar surface area (TPSA) is 262 Å². The molecule has 0 saturated carbocycles. The standard InChI is InChI=1S/Ca.K.3NO3.2H2O/c;;3*2-1(3)4;;/h;;;;;2*1H2/q+2;+1;3*-1;;. The van der Waals surface area contributed by atoms with E-state index in [1.54, 1.807) is 0 Å². The van der Waals surface area contributed by atoms with Crippen molar-refractivity contribution in [1.29, 1.82) is 0 Å². The van der Waals surface area contributed by atoms with Crippen molar-refractivity contribution in [2.75, 3.05) is 0 Å². The van der Waals surface area contributed by atoms with Crippen LogP contribution in [0.1, 0.15) is 0 Å². The van der Waals surface area contributed by atoms with E-state index in [-0.39, 0.29) is 100 Å². The quantitative estimate of drug-likeness (QED) is 0.234. The molecular weight excluding hydrogens is 297 g/mol. The van der Waals surface area contributed by atoms with Gasteiger partial charge in [-0.1, -0.05) is 0 Å². The second kappa shape index (κ2) is 36.1. The molecule has 0 unspecified atom stereocenters. The first kappa shape index (κ1) is 44.0. The zero-order valence-electron chi connectivity index (χ0n) is 7.72. The largest absolute Gasteiger partial charge is 2.00 e. The molecule has 0 aliphatic rings. The molecule has 0 aliphatic carbocycles. The van der Waals surface area contributed by atoms with Crippen molar-refractivity contribution in [3.05, 3.63) is 46.0 Å². The Bertz CT molecular complexity index is 119. The molecule has 16 heteroatoms. The average Bonchev–Trinajstić information content (AvgIpc) is 1.54. The first-order valence-electron chi connectivity index (χ1n) is 1.64. The van der Waals surface area contributed by atoms with E-state index in [0.29, 0.717) is 0 Å². The van der Waals surface area contributed by atoms with E-state index in [1.165, 1.54) is 0 Å². The minimum absolute atomic E-state index is 0. The summed E-state index contributed by atoms with van der Waals surface area (Å²) in [5.74, 6) is 0. The van der Waals surface area contributed by atoms with E-state index in [1.807, 2.05) is 0 Å². The summed E-state index contributed by atoms with van der Waals surface area (Å²) in [7, 11) is 0. The molecule has 88 valence electrons. The van der Waals surface area contributed by atoms with Gasteiger partial charge in [-0.25, -0.2) is 0 Å². The number of rotatable bonds is 0. The SMILES string of the molecule is O.O.O=[N+]([O-])[O-].O=[N+]([O-])[O-].O=[N+]([O-])[O-].[Ca+2].[K+]. The van der Waals surface area contributed by atoms with Crippen molar-refractivity contribution in [1.82, 2.24) is 0 Å². The van der Waals surface area contributed by atoms with Crippen LogP contribution >= 0.6 is 0 Å². The molecule has 0 aromatic rings. The third kappa shape index (κ3) is 15000. The zero-order valence-corrected chi connectivity index (χ0v) is 13.1. The van der Waals surface area contributed by atoms with E-state index in [2.05, 4.69) is 0 Å². The van der Waals surface area contributed by atoms with Crippen LogP contribution in [-0.2, 0) is 0 Å². The number of hydrogen-bond donors (Lipinski definition) is 0. The monoisotopic (exact) mass is 301 g/mol.